The number of rotatable bonds is 3. The van der Waals surface area contributed by atoms with E-state index in [0.717, 1.165) is 27.1 Å². The molecule has 0 atom stereocenters. The molecule has 0 fully saturated rings. The van der Waals surface area contributed by atoms with Gasteiger partial charge in [-0.15, -0.1) is 0 Å². The topological polar surface area (TPSA) is 43.4 Å². The Labute approximate surface area is 169 Å². The summed E-state index contributed by atoms with van der Waals surface area (Å²) in [4.78, 5) is 0.196. The van der Waals surface area contributed by atoms with Crippen LogP contribution in [0.4, 0.5) is 0 Å². The molecule has 6 heteroatoms. The SMILES string of the molecule is COc1ccc2cc(Cl)ccc2c1-c1c(S(=O)(=O)Br)ccc2ccccc12. The van der Waals surface area contributed by atoms with Gasteiger partial charge in [0.2, 0.25) is 8.27 Å². The molecular formula is C21H14BrClO3S. The predicted octanol–water partition coefficient (Wildman–Crippen LogP) is 6.41. The van der Waals surface area contributed by atoms with Crippen LogP contribution < -0.4 is 4.74 Å². The second-order valence-corrected chi connectivity index (χ2v) is 10.4. The van der Waals surface area contributed by atoms with E-state index < -0.39 is 8.27 Å². The van der Waals surface area contributed by atoms with Crippen molar-refractivity contribution < 1.29 is 13.2 Å². The normalized spacial score (nSPS) is 11.8. The van der Waals surface area contributed by atoms with E-state index in [-0.39, 0.29) is 4.90 Å². The molecule has 0 saturated heterocycles. The summed E-state index contributed by atoms with van der Waals surface area (Å²) in [5.41, 5.74) is 1.33. The largest absolute Gasteiger partial charge is 0.496 e. The zero-order valence-corrected chi connectivity index (χ0v) is 17.4. The van der Waals surface area contributed by atoms with Gasteiger partial charge in [-0.05, 0) is 45.8 Å². The van der Waals surface area contributed by atoms with Gasteiger partial charge in [0.25, 0.3) is 0 Å². The van der Waals surface area contributed by atoms with Crippen molar-refractivity contribution in [3.63, 3.8) is 0 Å². The lowest BCUT2D eigenvalue weighted by atomic mass is 9.93. The molecule has 0 bridgehead atoms. The number of ether oxygens (including phenoxy) is 1. The molecule has 136 valence electrons. The third-order valence-corrected chi connectivity index (χ3v) is 6.71. The Morgan fingerprint density at radius 3 is 2.30 bits per heavy atom. The first-order valence-corrected chi connectivity index (χ1v) is 11.8. The van der Waals surface area contributed by atoms with Crippen LogP contribution in [0.25, 0.3) is 32.7 Å². The molecule has 4 aromatic carbocycles. The molecule has 0 aromatic heterocycles. The van der Waals surface area contributed by atoms with E-state index in [1.807, 2.05) is 48.5 Å². The van der Waals surface area contributed by atoms with Crippen molar-refractivity contribution in [2.75, 3.05) is 7.11 Å². The molecule has 0 saturated carbocycles. The fraction of sp³-hybridized carbons (Fsp3) is 0.0476. The van der Waals surface area contributed by atoms with Crippen molar-refractivity contribution >= 4 is 56.2 Å². The average Bonchev–Trinajstić information content (AvgIpc) is 2.65. The highest BCUT2D eigenvalue weighted by atomic mass is 79.9. The smallest absolute Gasteiger partial charge is 0.238 e. The van der Waals surface area contributed by atoms with E-state index >= 15 is 0 Å². The van der Waals surface area contributed by atoms with E-state index in [0.29, 0.717) is 16.3 Å². The van der Waals surface area contributed by atoms with Gasteiger partial charge in [0, 0.05) is 16.1 Å². The number of hydrogen-bond donors (Lipinski definition) is 0. The summed E-state index contributed by atoms with van der Waals surface area (Å²) in [5.74, 6) is 0.596. The van der Waals surface area contributed by atoms with Crippen molar-refractivity contribution in [2.45, 2.75) is 4.90 Å². The standard InChI is InChI=1S/C21H14BrClO3S/c1-26-18-10-6-14-12-15(23)8-9-17(14)20(18)21-16-5-3-2-4-13(16)7-11-19(21)27(22,24)25/h2-12H,1H3. The molecule has 0 aliphatic heterocycles. The monoisotopic (exact) mass is 460 g/mol. The van der Waals surface area contributed by atoms with Gasteiger partial charge in [0.15, 0.2) is 0 Å². The van der Waals surface area contributed by atoms with E-state index in [1.165, 1.54) is 0 Å². The number of halogens is 2. The molecule has 4 rings (SSSR count). The van der Waals surface area contributed by atoms with Crippen LogP contribution >= 0.6 is 26.4 Å². The molecule has 0 aliphatic carbocycles. The molecule has 27 heavy (non-hydrogen) atoms. The minimum Gasteiger partial charge on any atom is -0.496 e. The number of methoxy groups -OCH3 is 1. The quantitative estimate of drug-likeness (QED) is 0.331. The van der Waals surface area contributed by atoms with Crippen molar-refractivity contribution in [3.05, 3.63) is 71.8 Å². The third kappa shape index (κ3) is 3.20. The Bertz CT molecular complexity index is 1300. The van der Waals surface area contributed by atoms with Crippen molar-refractivity contribution in [1.82, 2.24) is 0 Å². The first kappa shape index (κ1) is 18.3. The zero-order chi connectivity index (χ0) is 19.2. The Morgan fingerprint density at radius 1 is 0.852 bits per heavy atom. The summed E-state index contributed by atoms with van der Waals surface area (Å²) < 4.78 is 30.6. The summed E-state index contributed by atoms with van der Waals surface area (Å²) in [7, 11) is -2.07. The summed E-state index contributed by atoms with van der Waals surface area (Å²) in [6.45, 7) is 0. The average molecular weight is 462 g/mol. The molecule has 3 nitrogen and oxygen atoms in total. The fourth-order valence-corrected chi connectivity index (χ4v) is 5.10. The van der Waals surface area contributed by atoms with Crippen LogP contribution in [-0.2, 0) is 8.27 Å². The van der Waals surface area contributed by atoms with Gasteiger partial charge < -0.3 is 4.74 Å². The van der Waals surface area contributed by atoms with Crippen LogP contribution in [0.15, 0.2) is 71.6 Å². The first-order chi connectivity index (χ1) is 12.9. The van der Waals surface area contributed by atoms with E-state index in [1.54, 1.807) is 25.3 Å². The summed E-state index contributed by atoms with van der Waals surface area (Å²) in [6, 6.07) is 20.4. The highest BCUT2D eigenvalue weighted by Crippen LogP contribution is 2.45. The second-order valence-electron chi connectivity index (χ2n) is 6.11. The second kappa shape index (κ2) is 6.82. The Morgan fingerprint density at radius 2 is 1.56 bits per heavy atom. The molecule has 0 unspecified atom stereocenters. The predicted molar refractivity (Wildman–Crippen MR) is 115 cm³/mol. The van der Waals surface area contributed by atoms with E-state index in [2.05, 4.69) is 14.8 Å². The molecule has 0 radical (unpaired) electrons. The Kier molecular flexibility index (Phi) is 4.62. The maximum Gasteiger partial charge on any atom is 0.238 e. The fourth-order valence-electron chi connectivity index (χ4n) is 3.42. The zero-order valence-electron chi connectivity index (χ0n) is 14.2. The van der Waals surface area contributed by atoms with Gasteiger partial charge in [-0.3, -0.25) is 0 Å². The third-order valence-electron chi connectivity index (χ3n) is 4.57. The summed E-state index contributed by atoms with van der Waals surface area (Å²) in [6.07, 6.45) is 0. The lowest BCUT2D eigenvalue weighted by Crippen LogP contribution is -1.98. The number of fused-ring (bicyclic) bond motifs is 2. The van der Waals surface area contributed by atoms with Crippen LogP contribution in [0.2, 0.25) is 5.02 Å². The lowest BCUT2D eigenvalue weighted by molar-refractivity contribution is 0.417. The molecular weight excluding hydrogens is 448 g/mol. The molecule has 0 N–H and O–H groups in total. The molecule has 0 spiro atoms. The van der Waals surface area contributed by atoms with Crippen molar-refractivity contribution in [3.8, 4) is 16.9 Å². The van der Waals surface area contributed by atoms with Crippen molar-refractivity contribution in [2.24, 2.45) is 0 Å². The van der Waals surface area contributed by atoms with Gasteiger partial charge in [-0.2, -0.15) is 0 Å². The van der Waals surface area contributed by atoms with Crippen LogP contribution in [0.1, 0.15) is 0 Å². The maximum atomic E-state index is 12.5. The molecule has 0 aliphatic rings. The minimum atomic E-state index is -3.64. The van der Waals surface area contributed by atoms with Gasteiger partial charge in [-0.1, -0.05) is 54.1 Å². The summed E-state index contributed by atoms with van der Waals surface area (Å²) >= 11 is 9.01. The van der Waals surface area contributed by atoms with Crippen LogP contribution in [0.5, 0.6) is 5.75 Å². The molecule has 0 heterocycles. The Balaban J connectivity index is 2.26. The van der Waals surface area contributed by atoms with Crippen LogP contribution in [0.3, 0.4) is 0 Å². The van der Waals surface area contributed by atoms with Gasteiger partial charge in [-0.25, -0.2) is 8.42 Å². The Hall–Kier alpha value is -2.08. The van der Waals surface area contributed by atoms with E-state index in [9.17, 15) is 8.42 Å². The van der Waals surface area contributed by atoms with Gasteiger partial charge >= 0.3 is 0 Å². The van der Waals surface area contributed by atoms with Gasteiger partial charge in [0.05, 0.1) is 26.8 Å². The van der Waals surface area contributed by atoms with E-state index in [4.69, 9.17) is 16.3 Å². The first-order valence-electron chi connectivity index (χ1n) is 8.13. The summed E-state index contributed by atoms with van der Waals surface area (Å²) in [5, 5.41) is 4.17. The number of hydrogen-bond acceptors (Lipinski definition) is 3. The highest BCUT2D eigenvalue weighted by molar-refractivity contribution is 9.47. The molecule has 4 aromatic rings. The van der Waals surface area contributed by atoms with Crippen LogP contribution in [0, 0.1) is 0 Å². The van der Waals surface area contributed by atoms with Crippen molar-refractivity contribution in [1.29, 1.82) is 0 Å². The number of benzene rings is 4. The van der Waals surface area contributed by atoms with Crippen LogP contribution in [-0.4, -0.2) is 15.5 Å². The molecule has 0 amide bonds. The maximum absolute atomic E-state index is 12.5. The minimum absolute atomic E-state index is 0.196. The lowest BCUT2D eigenvalue weighted by Gasteiger charge is -2.17. The highest BCUT2D eigenvalue weighted by Gasteiger charge is 2.23. The van der Waals surface area contributed by atoms with Gasteiger partial charge in [0.1, 0.15) is 5.75 Å².